The van der Waals surface area contributed by atoms with Gasteiger partial charge < -0.3 is 31.1 Å². The molecule has 2 rings (SSSR count). The van der Waals surface area contributed by atoms with Gasteiger partial charge in [0.1, 0.15) is 17.1 Å². The molecular weight excluding hydrogens is 464 g/mol. The fraction of sp³-hybridized carbons (Fsp3) is 0.615. The van der Waals surface area contributed by atoms with Gasteiger partial charge in [-0.25, -0.2) is 4.79 Å². The van der Waals surface area contributed by atoms with Crippen LogP contribution in [0.4, 0.5) is 10.5 Å². The zero-order chi connectivity index (χ0) is 26.8. The number of benzene rings is 1. The first-order chi connectivity index (χ1) is 17.0. The number of ether oxygens (including phenoxy) is 1. The number of nitrogens with one attached hydrogen (secondary N) is 4. The van der Waals surface area contributed by atoms with Gasteiger partial charge in [0.15, 0.2) is 0 Å². The minimum atomic E-state index is -1.14. The Morgan fingerprint density at radius 1 is 1.03 bits per heavy atom. The van der Waals surface area contributed by atoms with E-state index in [1.165, 1.54) is 0 Å². The quantitative estimate of drug-likeness (QED) is 0.218. The van der Waals surface area contributed by atoms with Crippen LogP contribution in [-0.2, 0) is 25.7 Å². The Morgan fingerprint density at radius 2 is 1.69 bits per heavy atom. The first kappa shape index (κ1) is 29.1. The number of anilines is 1. The Labute approximate surface area is 212 Å². The molecule has 4 amide bonds. The highest BCUT2D eigenvalue weighted by Crippen LogP contribution is 2.41. The van der Waals surface area contributed by atoms with Crippen LogP contribution in [-0.4, -0.2) is 53.7 Å². The third kappa shape index (κ3) is 8.51. The van der Waals surface area contributed by atoms with Gasteiger partial charge in [-0.2, -0.15) is 0 Å². The van der Waals surface area contributed by atoms with E-state index < -0.39 is 35.0 Å². The number of hydrogen-bond acceptors (Lipinski definition) is 6. The Morgan fingerprint density at radius 3 is 2.22 bits per heavy atom. The summed E-state index contributed by atoms with van der Waals surface area (Å²) in [6.45, 7) is 7.83. The molecule has 0 unspecified atom stereocenters. The highest BCUT2D eigenvalue weighted by molar-refractivity contribution is 6.07. The maximum Gasteiger partial charge on any atom is 0.407 e. The van der Waals surface area contributed by atoms with Crippen molar-refractivity contribution in [2.24, 2.45) is 5.41 Å². The average Bonchev–Trinajstić information content (AvgIpc) is 2.76. The molecule has 0 radical (unpaired) electrons. The number of hydrogen-bond donors (Lipinski definition) is 5. The van der Waals surface area contributed by atoms with Crippen molar-refractivity contribution in [1.29, 1.82) is 0 Å². The number of rotatable bonds is 12. The highest BCUT2D eigenvalue weighted by atomic mass is 16.6. The molecule has 0 bridgehead atoms. The summed E-state index contributed by atoms with van der Waals surface area (Å²) >= 11 is 0. The van der Waals surface area contributed by atoms with Crippen molar-refractivity contribution in [3.63, 3.8) is 0 Å². The summed E-state index contributed by atoms with van der Waals surface area (Å²) in [6.07, 6.45) is 2.61. The zero-order valence-corrected chi connectivity index (χ0v) is 21.7. The van der Waals surface area contributed by atoms with Gasteiger partial charge in [-0.15, -0.1) is 0 Å². The Balaban J connectivity index is 2.01. The largest absolute Gasteiger partial charge is 0.444 e. The smallest absolute Gasteiger partial charge is 0.407 e. The van der Waals surface area contributed by atoms with E-state index in [4.69, 9.17) is 4.74 Å². The second-order valence-corrected chi connectivity index (χ2v) is 10.1. The summed E-state index contributed by atoms with van der Waals surface area (Å²) in [5.41, 5.74) is -0.487. The number of aliphatic hydroxyl groups excluding tert-OH is 1. The van der Waals surface area contributed by atoms with Crippen LogP contribution in [0, 0.1) is 5.41 Å². The fourth-order valence-electron chi connectivity index (χ4n) is 3.88. The molecule has 1 aliphatic rings. The molecule has 0 saturated heterocycles. The fourth-order valence-corrected chi connectivity index (χ4v) is 3.88. The van der Waals surface area contributed by atoms with Gasteiger partial charge in [-0.05, 0) is 77.5 Å². The zero-order valence-electron chi connectivity index (χ0n) is 21.7. The molecular formula is C26H40N4O6. The van der Waals surface area contributed by atoms with E-state index in [1.807, 2.05) is 0 Å². The first-order valence-electron chi connectivity index (χ1n) is 12.6. The lowest BCUT2D eigenvalue weighted by Gasteiger charge is -2.39. The molecule has 0 aromatic heterocycles. The molecule has 1 aliphatic carbocycles. The Hall–Kier alpha value is -3.14. The molecule has 1 fully saturated rings. The van der Waals surface area contributed by atoms with Crippen molar-refractivity contribution in [3.05, 3.63) is 29.8 Å². The molecule has 0 spiro atoms. The number of carbonyl (C=O) groups is 4. The van der Waals surface area contributed by atoms with Crippen molar-refractivity contribution >= 4 is 29.5 Å². The van der Waals surface area contributed by atoms with Gasteiger partial charge in [0, 0.05) is 18.8 Å². The van der Waals surface area contributed by atoms with E-state index in [9.17, 15) is 24.3 Å². The normalized spacial score (nSPS) is 15.1. The minimum Gasteiger partial charge on any atom is -0.444 e. The van der Waals surface area contributed by atoms with Crippen LogP contribution in [0.2, 0.25) is 0 Å². The van der Waals surface area contributed by atoms with E-state index in [0.717, 1.165) is 6.42 Å². The van der Waals surface area contributed by atoms with Crippen LogP contribution in [0.15, 0.2) is 24.3 Å². The molecule has 1 aromatic rings. The van der Waals surface area contributed by atoms with Crippen LogP contribution >= 0.6 is 0 Å². The lowest BCUT2D eigenvalue weighted by atomic mass is 9.67. The first-order valence-corrected chi connectivity index (χ1v) is 12.6. The monoisotopic (exact) mass is 504 g/mol. The maximum absolute atomic E-state index is 13.2. The van der Waals surface area contributed by atoms with Crippen LogP contribution < -0.4 is 21.3 Å². The number of unbranched alkanes of at least 4 members (excludes halogenated alkanes) is 1. The Bertz CT molecular complexity index is 906. The van der Waals surface area contributed by atoms with Gasteiger partial charge >= 0.3 is 6.09 Å². The molecule has 1 atom stereocenters. The maximum atomic E-state index is 13.2. The van der Waals surface area contributed by atoms with E-state index >= 15 is 0 Å². The molecule has 10 heteroatoms. The van der Waals surface area contributed by atoms with Gasteiger partial charge in [-0.3, -0.25) is 14.4 Å². The van der Waals surface area contributed by atoms with Gasteiger partial charge in [0.25, 0.3) is 0 Å². The van der Waals surface area contributed by atoms with E-state index in [1.54, 1.807) is 52.0 Å². The van der Waals surface area contributed by atoms with E-state index in [0.29, 0.717) is 56.4 Å². The predicted octanol–water partition coefficient (Wildman–Crippen LogP) is 2.60. The summed E-state index contributed by atoms with van der Waals surface area (Å²) in [5.74, 6) is -1.15. The number of carbonyl (C=O) groups excluding carboxylic acids is 4. The summed E-state index contributed by atoms with van der Waals surface area (Å²) in [4.78, 5) is 50.7. The van der Waals surface area contributed by atoms with Crippen LogP contribution in [0.3, 0.4) is 0 Å². The average molecular weight is 505 g/mol. The number of amides is 4. The van der Waals surface area contributed by atoms with Crippen LogP contribution in [0.1, 0.15) is 71.8 Å². The highest BCUT2D eigenvalue weighted by Gasteiger charge is 2.51. The van der Waals surface area contributed by atoms with Crippen LogP contribution in [0.5, 0.6) is 0 Å². The summed E-state index contributed by atoms with van der Waals surface area (Å²) in [6, 6.07) is 5.89. The number of alkyl carbamates (subject to hydrolysis) is 1. The standard InChI is InChI=1S/C26H40N4O6/c1-5-27-22(33)26(14-8-15-26)23(34)30-20(9-6-7-16-28-24(35)36-25(2,3)4)21(32)29-19-12-10-18(17-31)11-13-19/h10-13,20,31H,5-9,14-17H2,1-4H3,(H,27,33)(H,28,35)(H,29,32)(H,30,34)/t20-/m0/s1. The molecule has 200 valence electrons. The summed E-state index contributed by atoms with van der Waals surface area (Å²) in [7, 11) is 0. The third-order valence-corrected chi connectivity index (χ3v) is 6.03. The number of aliphatic hydroxyl groups is 1. The minimum absolute atomic E-state index is 0.105. The molecule has 0 heterocycles. The van der Waals surface area contributed by atoms with Crippen molar-refractivity contribution in [1.82, 2.24) is 16.0 Å². The topological polar surface area (TPSA) is 146 Å². The Kier molecular flexibility index (Phi) is 10.7. The lowest BCUT2D eigenvalue weighted by Crippen LogP contribution is -2.58. The van der Waals surface area contributed by atoms with E-state index in [-0.39, 0.29) is 12.5 Å². The summed E-state index contributed by atoms with van der Waals surface area (Å²) in [5, 5.41) is 20.2. The van der Waals surface area contributed by atoms with Crippen molar-refractivity contribution in [3.8, 4) is 0 Å². The van der Waals surface area contributed by atoms with Gasteiger partial charge in [0.2, 0.25) is 17.7 Å². The molecule has 5 N–H and O–H groups in total. The van der Waals surface area contributed by atoms with Gasteiger partial charge in [-0.1, -0.05) is 18.6 Å². The molecule has 1 saturated carbocycles. The van der Waals surface area contributed by atoms with Gasteiger partial charge in [0.05, 0.1) is 6.61 Å². The van der Waals surface area contributed by atoms with E-state index in [2.05, 4.69) is 21.3 Å². The molecule has 36 heavy (non-hydrogen) atoms. The summed E-state index contributed by atoms with van der Waals surface area (Å²) < 4.78 is 5.21. The predicted molar refractivity (Wildman–Crippen MR) is 136 cm³/mol. The SMILES string of the molecule is CCNC(=O)C1(C(=O)N[C@@H](CCCCNC(=O)OC(C)(C)C)C(=O)Nc2ccc(CO)cc2)CCC1. The molecule has 1 aromatic carbocycles. The van der Waals surface area contributed by atoms with Crippen LogP contribution in [0.25, 0.3) is 0 Å². The second-order valence-electron chi connectivity index (χ2n) is 10.1. The lowest BCUT2D eigenvalue weighted by molar-refractivity contribution is -0.150. The van der Waals surface area contributed by atoms with Crippen molar-refractivity contribution < 1.29 is 29.0 Å². The molecule has 10 nitrogen and oxygen atoms in total. The third-order valence-electron chi connectivity index (χ3n) is 6.03. The second kappa shape index (κ2) is 13.2. The van der Waals surface area contributed by atoms with Crippen molar-refractivity contribution in [2.75, 3.05) is 18.4 Å². The van der Waals surface area contributed by atoms with Crippen molar-refractivity contribution in [2.45, 2.75) is 84.5 Å². The molecule has 0 aliphatic heterocycles.